The SMILES string of the molecule is N#Cc1cc(C#N)c(-c2ccc3c(c2)c2ccccc2n3-c2c(-c3ccccc3C(F)(F)F)cc(-c3cc(-c4ccccc4)nc(-c4ccccc4)n3)cc2-c2ccccc2C(F)(F)F)c(C#N)c1. The Morgan fingerprint density at radius 1 is 0.406 bits per heavy atom. The molecule has 0 aliphatic heterocycles. The highest BCUT2D eigenvalue weighted by molar-refractivity contribution is 6.12. The van der Waals surface area contributed by atoms with Crippen molar-refractivity contribution >= 4 is 21.8 Å². The normalized spacial score (nSPS) is 11.6. The lowest BCUT2D eigenvalue weighted by atomic mass is 9.88. The Balaban J connectivity index is 1.37. The van der Waals surface area contributed by atoms with Crippen LogP contribution in [0.15, 0.2) is 182 Å². The van der Waals surface area contributed by atoms with Gasteiger partial charge in [-0.3, -0.25) is 0 Å². The molecule has 330 valence electrons. The molecule has 0 aliphatic rings. The summed E-state index contributed by atoms with van der Waals surface area (Å²) in [7, 11) is 0. The molecule has 8 aromatic carbocycles. The van der Waals surface area contributed by atoms with Gasteiger partial charge in [0.2, 0.25) is 0 Å². The molecule has 10 rings (SSSR count). The number of halogens is 6. The van der Waals surface area contributed by atoms with Crippen LogP contribution < -0.4 is 0 Å². The van der Waals surface area contributed by atoms with Crippen molar-refractivity contribution < 1.29 is 26.3 Å². The van der Waals surface area contributed by atoms with Gasteiger partial charge >= 0.3 is 12.4 Å². The fourth-order valence-electron chi connectivity index (χ4n) is 9.00. The summed E-state index contributed by atoms with van der Waals surface area (Å²) in [6.45, 7) is 0. The van der Waals surface area contributed by atoms with Crippen LogP contribution in [-0.4, -0.2) is 14.5 Å². The predicted molar refractivity (Wildman–Crippen MR) is 253 cm³/mol. The molecular weight excluding hydrogens is 883 g/mol. The van der Waals surface area contributed by atoms with Gasteiger partial charge in [0.25, 0.3) is 0 Å². The van der Waals surface area contributed by atoms with E-state index in [1.54, 1.807) is 53.1 Å². The van der Waals surface area contributed by atoms with Crippen LogP contribution in [0.25, 0.3) is 94.8 Å². The number of hydrogen-bond donors (Lipinski definition) is 0. The molecule has 0 aliphatic carbocycles. The fraction of sp³-hybridized carbons (Fsp3) is 0.0351. The van der Waals surface area contributed by atoms with E-state index in [4.69, 9.17) is 9.97 Å². The van der Waals surface area contributed by atoms with Gasteiger partial charge in [-0.1, -0.05) is 121 Å². The first kappa shape index (κ1) is 43.6. The van der Waals surface area contributed by atoms with Gasteiger partial charge in [0.15, 0.2) is 5.82 Å². The lowest BCUT2D eigenvalue weighted by molar-refractivity contribution is -0.137. The molecule has 6 nitrogen and oxygen atoms in total. The van der Waals surface area contributed by atoms with E-state index in [9.17, 15) is 15.8 Å². The van der Waals surface area contributed by atoms with Crippen LogP contribution in [-0.2, 0) is 12.4 Å². The predicted octanol–water partition coefficient (Wildman–Crippen LogP) is 15.2. The molecule has 10 aromatic rings. The molecule has 2 aromatic heterocycles. The largest absolute Gasteiger partial charge is 0.417 e. The molecule has 0 N–H and O–H groups in total. The minimum absolute atomic E-state index is 0.0144. The first-order valence-corrected chi connectivity index (χ1v) is 21.3. The number of para-hydroxylation sites is 1. The second-order valence-electron chi connectivity index (χ2n) is 16.1. The van der Waals surface area contributed by atoms with E-state index in [-0.39, 0.29) is 67.3 Å². The van der Waals surface area contributed by atoms with Gasteiger partial charge in [-0.05, 0) is 77.4 Å². The second kappa shape index (κ2) is 17.2. The average molecular weight is 913 g/mol. The number of benzene rings is 8. The van der Waals surface area contributed by atoms with Gasteiger partial charge in [-0.15, -0.1) is 0 Å². The Bertz CT molecular complexity index is 3630. The van der Waals surface area contributed by atoms with Gasteiger partial charge < -0.3 is 4.57 Å². The van der Waals surface area contributed by atoms with Gasteiger partial charge in [0.05, 0.1) is 74.1 Å². The molecule has 0 atom stereocenters. The van der Waals surface area contributed by atoms with Crippen molar-refractivity contribution in [3.05, 3.63) is 210 Å². The van der Waals surface area contributed by atoms with E-state index in [0.29, 0.717) is 44.2 Å². The zero-order valence-corrected chi connectivity index (χ0v) is 35.8. The number of rotatable bonds is 7. The summed E-state index contributed by atoms with van der Waals surface area (Å²) in [5, 5.41) is 31.1. The second-order valence-corrected chi connectivity index (χ2v) is 16.1. The van der Waals surface area contributed by atoms with Crippen molar-refractivity contribution in [1.82, 2.24) is 14.5 Å². The monoisotopic (exact) mass is 912 g/mol. The molecule has 69 heavy (non-hydrogen) atoms. The number of alkyl halides is 6. The zero-order chi connectivity index (χ0) is 48.0. The van der Waals surface area contributed by atoms with Gasteiger partial charge in [-0.2, -0.15) is 42.1 Å². The van der Waals surface area contributed by atoms with E-state index in [1.807, 2.05) is 66.7 Å². The minimum Gasteiger partial charge on any atom is -0.308 e. The number of nitrogens with zero attached hydrogens (tertiary/aromatic N) is 6. The molecule has 0 saturated carbocycles. The summed E-state index contributed by atoms with van der Waals surface area (Å²) in [5.41, 5.74) is 1.30. The molecule has 2 heterocycles. The van der Waals surface area contributed by atoms with Crippen molar-refractivity contribution in [2.45, 2.75) is 12.4 Å². The quantitative estimate of drug-likeness (QED) is 0.148. The van der Waals surface area contributed by atoms with Crippen molar-refractivity contribution in [1.29, 1.82) is 15.8 Å². The van der Waals surface area contributed by atoms with Crippen molar-refractivity contribution in [3.63, 3.8) is 0 Å². The Kier molecular flexibility index (Phi) is 10.8. The number of aromatic nitrogens is 3. The van der Waals surface area contributed by atoms with Crippen molar-refractivity contribution in [2.24, 2.45) is 0 Å². The zero-order valence-electron chi connectivity index (χ0n) is 35.8. The summed E-state index contributed by atoms with van der Waals surface area (Å²) in [5.74, 6) is 0.282. The van der Waals surface area contributed by atoms with Crippen LogP contribution in [0.1, 0.15) is 27.8 Å². The standard InChI is InChI=1S/C57H30F6N6/c58-56(59,60)47-20-10-7-17-41(47)45-28-38(50-30-49(35-13-3-1-4-14-35)67-55(68-50)36-15-5-2-6-16-36)29-46(42-18-8-11-21-48(42)57(61,62)63)54(45)69-51-22-12-9-19-43(51)44-27-37(23-24-52(44)69)53-39(32-65)25-34(31-64)26-40(53)33-66/h1-30H. The van der Waals surface area contributed by atoms with E-state index < -0.39 is 23.5 Å². The third kappa shape index (κ3) is 7.88. The Morgan fingerprint density at radius 3 is 1.45 bits per heavy atom. The summed E-state index contributed by atoms with van der Waals surface area (Å²) in [4.78, 5) is 9.83. The van der Waals surface area contributed by atoms with E-state index in [0.717, 1.165) is 12.1 Å². The molecule has 0 radical (unpaired) electrons. The highest BCUT2D eigenvalue weighted by Gasteiger charge is 2.37. The van der Waals surface area contributed by atoms with E-state index in [2.05, 4.69) is 12.1 Å². The van der Waals surface area contributed by atoms with Crippen LogP contribution >= 0.6 is 0 Å². The maximum absolute atomic E-state index is 15.4. The minimum atomic E-state index is -4.91. The Hall–Kier alpha value is -9.31. The van der Waals surface area contributed by atoms with Crippen LogP contribution in [0.5, 0.6) is 0 Å². The lowest BCUT2D eigenvalue weighted by Gasteiger charge is -2.24. The summed E-state index contributed by atoms with van der Waals surface area (Å²) in [6, 6.07) is 53.9. The van der Waals surface area contributed by atoms with Crippen molar-refractivity contribution in [3.8, 4) is 91.2 Å². The summed E-state index contributed by atoms with van der Waals surface area (Å²) in [6.07, 6.45) is -9.81. The Labute approximate surface area is 390 Å². The number of fused-ring (bicyclic) bond motifs is 3. The molecule has 0 bridgehead atoms. The van der Waals surface area contributed by atoms with Crippen LogP contribution in [0.2, 0.25) is 0 Å². The van der Waals surface area contributed by atoms with Crippen molar-refractivity contribution in [2.75, 3.05) is 0 Å². The highest BCUT2D eigenvalue weighted by atomic mass is 19.4. The molecular formula is C57H30F6N6. The maximum Gasteiger partial charge on any atom is 0.417 e. The third-order valence-corrected chi connectivity index (χ3v) is 12.0. The van der Waals surface area contributed by atoms with Gasteiger partial charge in [0, 0.05) is 44.2 Å². The van der Waals surface area contributed by atoms with Gasteiger partial charge in [-0.25, -0.2) is 9.97 Å². The summed E-state index contributed by atoms with van der Waals surface area (Å²) < 4.78 is 94.1. The Morgan fingerprint density at radius 2 is 0.899 bits per heavy atom. The average Bonchev–Trinajstić information content (AvgIpc) is 3.70. The molecule has 0 saturated heterocycles. The highest BCUT2D eigenvalue weighted by Crippen LogP contribution is 2.49. The van der Waals surface area contributed by atoms with Crippen LogP contribution in [0, 0.1) is 34.0 Å². The lowest BCUT2D eigenvalue weighted by Crippen LogP contribution is -2.11. The van der Waals surface area contributed by atoms with E-state index in [1.165, 1.54) is 60.7 Å². The molecule has 12 heteroatoms. The van der Waals surface area contributed by atoms with E-state index >= 15 is 26.3 Å². The smallest absolute Gasteiger partial charge is 0.308 e. The number of hydrogen-bond acceptors (Lipinski definition) is 5. The molecule has 0 unspecified atom stereocenters. The first-order chi connectivity index (χ1) is 33.4. The first-order valence-electron chi connectivity index (χ1n) is 21.3. The van der Waals surface area contributed by atoms with Gasteiger partial charge in [0.1, 0.15) is 0 Å². The maximum atomic E-state index is 15.4. The summed E-state index contributed by atoms with van der Waals surface area (Å²) >= 11 is 0. The fourth-order valence-corrected chi connectivity index (χ4v) is 9.00. The molecule has 0 amide bonds. The molecule has 0 spiro atoms. The topological polar surface area (TPSA) is 102 Å². The number of nitriles is 3. The third-order valence-electron chi connectivity index (χ3n) is 12.0. The van der Waals surface area contributed by atoms with Crippen LogP contribution in [0.4, 0.5) is 26.3 Å². The van der Waals surface area contributed by atoms with Crippen LogP contribution in [0.3, 0.4) is 0 Å². The molecule has 0 fully saturated rings.